The van der Waals surface area contributed by atoms with Gasteiger partial charge in [0.15, 0.2) is 5.69 Å². The molecule has 5 rings (SSSR count). The molecule has 2 N–H and O–H groups in total. The summed E-state index contributed by atoms with van der Waals surface area (Å²) in [5, 5.41) is 14.3. The van der Waals surface area contributed by atoms with Crippen LogP contribution in [0, 0.1) is 0 Å². The Morgan fingerprint density at radius 1 is 1.14 bits per heavy atom. The van der Waals surface area contributed by atoms with Crippen molar-refractivity contribution >= 4 is 17.5 Å². The standard InChI is InChI=1S/C20H20N6O2/c27-19(22-14-4-2-1-3-5-14)17-10-15-12-25(8-9-26(15)24-17)20(28)16-11-21-23-18(16)13-6-7-13/h1-5,10-11,13H,6-9,12H2,(H,21,23)(H,22,27). The van der Waals surface area contributed by atoms with Gasteiger partial charge >= 0.3 is 0 Å². The van der Waals surface area contributed by atoms with E-state index in [1.807, 2.05) is 30.3 Å². The van der Waals surface area contributed by atoms with Gasteiger partial charge in [0.25, 0.3) is 11.8 Å². The van der Waals surface area contributed by atoms with Crippen LogP contribution in [-0.2, 0) is 13.1 Å². The Morgan fingerprint density at radius 3 is 2.75 bits per heavy atom. The minimum absolute atomic E-state index is 0.0154. The van der Waals surface area contributed by atoms with Gasteiger partial charge in [0, 0.05) is 18.2 Å². The SMILES string of the molecule is O=C(Nc1ccccc1)c1cc2n(n1)CCN(C(=O)c1cn[nH]c1C1CC1)C2. The minimum Gasteiger partial charge on any atom is -0.331 e. The zero-order valence-electron chi connectivity index (χ0n) is 15.3. The number of nitrogens with one attached hydrogen (secondary N) is 2. The number of nitrogens with zero attached hydrogens (tertiary/aromatic N) is 4. The molecule has 2 aliphatic rings. The fraction of sp³-hybridized carbons (Fsp3) is 0.300. The number of H-pyrrole nitrogens is 1. The number of anilines is 1. The Morgan fingerprint density at radius 2 is 1.96 bits per heavy atom. The van der Waals surface area contributed by atoms with Crippen molar-refractivity contribution in [3.63, 3.8) is 0 Å². The molecule has 0 atom stereocenters. The normalized spacial score (nSPS) is 15.9. The van der Waals surface area contributed by atoms with Crippen LogP contribution in [-0.4, -0.2) is 43.2 Å². The molecule has 1 aliphatic carbocycles. The summed E-state index contributed by atoms with van der Waals surface area (Å²) < 4.78 is 1.81. The average Bonchev–Trinajstić information content (AvgIpc) is 3.28. The van der Waals surface area contributed by atoms with Gasteiger partial charge in [-0.15, -0.1) is 0 Å². The van der Waals surface area contributed by atoms with Crippen molar-refractivity contribution in [1.82, 2.24) is 24.9 Å². The molecule has 2 amide bonds. The molecule has 3 heterocycles. The van der Waals surface area contributed by atoms with Gasteiger partial charge in [-0.05, 0) is 31.0 Å². The lowest BCUT2D eigenvalue weighted by atomic mass is 10.1. The van der Waals surface area contributed by atoms with E-state index in [1.165, 1.54) is 0 Å². The lowest BCUT2D eigenvalue weighted by molar-refractivity contribution is 0.0704. The summed E-state index contributed by atoms with van der Waals surface area (Å²) in [6, 6.07) is 11.0. The number of para-hydroxylation sites is 1. The number of benzene rings is 1. The number of fused-ring (bicyclic) bond motifs is 1. The monoisotopic (exact) mass is 376 g/mol. The van der Waals surface area contributed by atoms with Crippen LogP contribution < -0.4 is 5.32 Å². The highest BCUT2D eigenvalue weighted by atomic mass is 16.2. The van der Waals surface area contributed by atoms with E-state index in [1.54, 1.807) is 21.8 Å². The number of carbonyl (C=O) groups excluding carboxylic acids is 2. The predicted molar refractivity (Wildman–Crippen MR) is 102 cm³/mol. The Labute approximate surface area is 161 Å². The highest BCUT2D eigenvalue weighted by Crippen LogP contribution is 2.40. The first-order chi connectivity index (χ1) is 13.7. The fourth-order valence-electron chi connectivity index (χ4n) is 3.59. The lowest BCUT2D eigenvalue weighted by Crippen LogP contribution is -2.38. The van der Waals surface area contributed by atoms with Crippen molar-refractivity contribution in [2.45, 2.75) is 31.8 Å². The number of carbonyl (C=O) groups is 2. The van der Waals surface area contributed by atoms with Gasteiger partial charge < -0.3 is 10.2 Å². The molecule has 8 nitrogen and oxygen atoms in total. The van der Waals surface area contributed by atoms with Gasteiger partial charge in [0.05, 0.1) is 36.2 Å². The number of hydrogen-bond acceptors (Lipinski definition) is 4. The average molecular weight is 376 g/mol. The zero-order valence-corrected chi connectivity index (χ0v) is 15.3. The van der Waals surface area contributed by atoms with E-state index in [4.69, 9.17) is 0 Å². The largest absolute Gasteiger partial charge is 0.331 e. The molecular weight excluding hydrogens is 356 g/mol. The molecule has 142 valence electrons. The van der Waals surface area contributed by atoms with Crippen LogP contribution in [0.3, 0.4) is 0 Å². The summed E-state index contributed by atoms with van der Waals surface area (Å²) in [7, 11) is 0. The third kappa shape index (κ3) is 3.06. The van der Waals surface area contributed by atoms with Crippen LogP contribution in [0.25, 0.3) is 0 Å². The van der Waals surface area contributed by atoms with Crippen LogP contribution in [0.4, 0.5) is 5.69 Å². The zero-order chi connectivity index (χ0) is 19.1. The second-order valence-electron chi connectivity index (χ2n) is 7.26. The van der Waals surface area contributed by atoms with Crippen LogP contribution in [0.15, 0.2) is 42.6 Å². The molecule has 0 bridgehead atoms. The first-order valence-corrected chi connectivity index (χ1v) is 9.44. The third-order valence-corrected chi connectivity index (χ3v) is 5.23. The number of rotatable bonds is 4. The quantitative estimate of drug-likeness (QED) is 0.731. The molecule has 1 fully saturated rings. The summed E-state index contributed by atoms with van der Waals surface area (Å²) in [5.74, 6) is 0.167. The van der Waals surface area contributed by atoms with Crippen LogP contribution >= 0.6 is 0 Å². The van der Waals surface area contributed by atoms with E-state index >= 15 is 0 Å². The van der Waals surface area contributed by atoms with Gasteiger partial charge in [-0.25, -0.2) is 0 Å². The summed E-state index contributed by atoms with van der Waals surface area (Å²) >= 11 is 0. The molecular formula is C20H20N6O2. The van der Waals surface area contributed by atoms with Crippen molar-refractivity contribution in [3.8, 4) is 0 Å². The first kappa shape index (κ1) is 16.7. The molecule has 1 saturated carbocycles. The maximum absolute atomic E-state index is 13.0. The van der Waals surface area contributed by atoms with E-state index in [9.17, 15) is 9.59 Å². The lowest BCUT2D eigenvalue weighted by Gasteiger charge is -2.27. The highest BCUT2D eigenvalue weighted by molar-refractivity contribution is 6.03. The van der Waals surface area contributed by atoms with Crippen molar-refractivity contribution in [1.29, 1.82) is 0 Å². The molecule has 1 aliphatic heterocycles. The van der Waals surface area contributed by atoms with Crippen molar-refractivity contribution in [3.05, 3.63) is 65.2 Å². The summed E-state index contributed by atoms with van der Waals surface area (Å²) in [5.41, 5.74) is 3.55. The Bertz CT molecular complexity index is 1030. The topological polar surface area (TPSA) is 95.9 Å². The second kappa shape index (κ2) is 6.63. The maximum atomic E-state index is 13.0. The molecule has 1 aromatic carbocycles. The van der Waals surface area contributed by atoms with Crippen molar-refractivity contribution in [2.24, 2.45) is 0 Å². The molecule has 3 aromatic rings. The Hall–Kier alpha value is -3.42. The van der Waals surface area contributed by atoms with Gasteiger partial charge in [-0.3, -0.25) is 19.4 Å². The molecule has 0 radical (unpaired) electrons. The number of aromatic nitrogens is 4. The predicted octanol–water partition coefficient (Wildman–Crippen LogP) is 2.39. The Kier molecular flexibility index (Phi) is 3.96. The van der Waals surface area contributed by atoms with E-state index in [2.05, 4.69) is 20.6 Å². The van der Waals surface area contributed by atoms with Crippen molar-refractivity contribution in [2.75, 3.05) is 11.9 Å². The van der Waals surface area contributed by atoms with E-state index in [-0.39, 0.29) is 11.8 Å². The van der Waals surface area contributed by atoms with Gasteiger partial charge in [-0.2, -0.15) is 10.2 Å². The molecule has 0 saturated heterocycles. The van der Waals surface area contributed by atoms with E-state index < -0.39 is 0 Å². The summed E-state index contributed by atoms with van der Waals surface area (Å²) in [6.07, 6.45) is 3.84. The first-order valence-electron chi connectivity index (χ1n) is 9.44. The maximum Gasteiger partial charge on any atom is 0.276 e. The number of hydrogen-bond donors (Lipinski definition) is 2. The molecule has 2 aromatic heterocycles. The highest BCUT2D eigenvalue weighted by Gasteiger charge is 2.32. The van der Waals surface area contributed by atoms with E-state index in [0.717, 1.165) is 29.9 Å². The number of aromatic amines is 1. The van der Waals surface area contributed by atoms with Crippen LogP contribution in [0.1, 0.15) is 51.0 Å². The smallest absolute Gasteiger partial charge is 0.276 e. The molecule has 0 spiro atoms. The van der Waals surface area contributed by atoms with Gasteiger partial charge in [0.1, 0.15) is 0 Å². The minimum atomic E-state index is -0.253. The molecule has 8 heteroatoms. The summed E-state index contributed by atoms with van der Waals surface area (Å²) in [6.45, 7) is 1.55. The van der Waals surface area contributed by atoms with Crippen molar-refractivity contribution < 1.29 is 9.59 Å². The van der Waals surface area contributed by atoms with Gasteiger partial charge in [-0.1, -0.05) is 18.2 Å². The molecule has 0 unspecified atom stereocenters. The second-order valence-corrected chi connectivity index (χ2v) is 7.26. The van der Waals surface area contributed by atoms with Crippen LogP contribution in [0.2, 0.25) is 0 Å². The Balaban J connectivity index is 1.31. The third-order valence-electron chi connectivity index (χ3n) is 5.23. The molecule has 28 heavy (non-hydrogen) atoms. The van der Waals surface area contributed by atoms with Gasteiger partial charge in [0.2, 0.25) is 0 Å². The summed E-state index contributed by atoms with van der Waals surface area (Å²) in [4.78, 5) is 27.2. The van der Waals surface area contributed by atoms with Crippen LogP contribution in [0.5, 0.6) is 0 Å². The van der Waals surface area contributed by atoms with E-state index in [0.29, 0.717) is 36.8 Å². The number of amides is 2. The fourth-order valence-corrected chi connectivity index (χ4v) is 3.59.